The van der Waals surface area contributed by atoms with Crippen molar-refractivity contribution < 1.29 is 14.7 Å². The van der Waals surface area contributed by atoms with Crippen LogP contribution in [-0.4, -0.2) is 16.8 Å². The Kier molecular flexibility index (Phi) is 6.46. The van der Waals surface area contributed by atoms with E-state index in [0.717, 1.165) is 27.5 Å². The second-order valence-electron chi connectivity index (χ2n) is 12.4. The van der Waals surface area contributed by atoms with Crippen molar-refractivity contribution in [3.8, 4) is 0 Å². The minimum absolute atomic E-state index is 0.0495. The van der Waals surface area contributed by atoms with Gasteiger partial charge < -0.3 is 5.11 Å². The molecule has 1 unspecified atom stereocenters. The van der Waals surface area contributed by atoms with Gasteiger partial charge in [0.15, 0.2) is 0 Å². The fraction of sp³-hybridized carbons (Fsp3) is 0.257. The third-order valence-corrected chi connectivity index (χ3v) is 7.59. The lowest BCUT2D eigenvalue weighted by molar-refractivity contribution is -0.132. The molecular formula is C35H35NO3. The van der Waals surface area contributed by atoms with E-state index in [0.29, 0.717) is 11.3 Å². The number of benzene rings is 4. The normalized spacial score (nSPS) is 17.7. The Morgan fingerprint density at radius 2 is 1.23 bits per heavy atom. The number of aliphatic hydroxyl groups is 1. The van der Waals surface area contributed by atoms with Crippen molar-refractivity contribution in [1.29, 1.82) is 0 Å². The maximum atomic E-state index is 13.7. The number of carbonyl (C=O) groups is 2. The second kappa shape index (κ2) is 9.53. The highest BCUT2D eigenvalue weighted by molar-refractivity contribution is 6.51. The van der Waals surface area contributed by atoms with E-state index in [1.54, 1.807) is 6.07 Å². The molecule has 1 aliphatic rings. The Bertz CT molecular complexity index is 1590. The zero-order valence-corrected chi connectivity index (χ0v) is 23.4. The molecular weight excluding hydrogens is 482 g/mol. The highest BCUT2D eigenvalue weighted by Gasteiger charge is 2.47. The van der Waals surface area contributed by atoms with Crippen LogP contribution < -0.4 is 4.90 Å². The largest absolute Gasteiger partial charge is 0.507 e. The zero-order chi connectivity index (χ0) is 28.1. The number of hydrogen-bond donors (Lipinski definition) is 1. The van der Waals surface area contributed by atoms with Gasteiger partial charge in [-0.1, -0.05) is 120 Å². The summed E-state index contributed by atoms with van der Waals surface area (Å²) in [4.78, 5) is 28.8. The molecule has 0 saturated carbocycles. The molecule has 4 heteroatoms. The van der Waals surface area contributed by atoms with E-state index < -0.39 is 17.7 Å². The number of aliphatic hydroxyl groups excluding tert-OH is 1. The first-order chi connectivity index (χ1) is 18.4. The maximum Gasteiger partial charge on any atom is 0.300 e. The van der Waals surface area contributed by atoms with Crippen LogP contribution in [0.3, 0.4) is 0 Å². The molecule has 0 spiro atoms. The average Bonchev–Trinajstić information content (AvgIpc) is 3.17. The number of nitrogens with zero attached hydrogens (tertiary/aromatic N) is 1. The molecule has 1 heterocycles. The number of anilines is 1. The highest BCUT2D eigenvalue weighted by Crippen LogP contribution is 2.43. The highest BCUT2D eigenvalue weighted by atomic mass is 16.3. The first kappa shape index (κ1) is 26.4. The molecule has 4 nitrogen and oxygen atoms in total. The molecule has 5 rings (SSSR count). The average molecular weight is 518 g/mol. The number of hydrogen-bond acceptors (Lipinski definition) is 3. The molecule has 1 saturated heterocycles. The van der Waals surface area contributed by atoms with E-state index in [-0.39, 0.29) is 22.2 Å². The van der Waals surface area contributed by atoms with E-state index in [1.807, 2.05) is 84.9 Å². The van der Waals surface area contributed by atoms with Crippen LogP contribution in [0.2, 0.25) is 0 Å². The molecule has 0 bridgehead atoms. The lowest BCUT2D eigenvalue weighted by Gasteiger charge is -2.27. The van der Waals surface area contributed by atoms with E-state index in [2.05, 4.69) is 41.5 Å². The van der Waals surface area contributed by atoms with Crippen LogP contribution in [0.4, 0.5) is 5.69 Å². The Morgan fingerprint density at radius 3 is 1.82 bits per heavy atom. The number of ketones is 1. The summed E-state index contributed by atoms with van der Waals surface area (Å²) < 4.78 is 0. The van der Waals surface area contributed by atoms with E-state index >= 15 is 0 Å². The van der Waals surface area contributed by atoms with Gasteiger partial charge >= 0.3 is 0 Å². The SMILES string of the molecule is CC(C)(C)c1ccc(C2/C(=C(/O)c3cccc4ccccc34)C(=O)C(=O)N2c2ccc(C(C)(C)C)cc2)cc1. The summed E-state index contributed by atoms with van der Waals surface area (Å²) in [6, 6.07) is 28.3. The first-order valence-corrected chi connectivity index (χ1v) is 13.4. The predicted molar refractivity (Wildman–Crippen MR) is 159 cm³/mol. The molecule has 39 heavy (non-hydrogen) atoms. The molecule has 4 aromatic rings. The van der Waals surface area contributed by atoms with Crippen molar-refractivity contribution in [2.45, 2.75) is 58.4 Å². The van der Waals surface area contributed by atoms with Gasteiger partial charge in [0.2, 0.25) is 0 Å². The third-order valence-electron chi connectivity index (χ3n) is 7.59. The summed E-state index contributed by atoms with van der Waals surface area (Å²) in [5, 5.41) is 13.5. The third kappa shape index (κ3) is 4.76. The molecule has 1 amide bonds. The Labute approximate surface area is 230 Å². The quantitative estimate of drug-likeness (QED) is 0.170. The summed E-state index contributed by atoms with van der Waals surface area (Å²) in [5.41, 5.74) is 4.19. The van der Waals surface area contributed by atoms with Gasteiger partial charge in [-0.3, -0.25) is 14.5 Å². The van der Waals surface area contributed by atoms with Crippen molar-refractivity contribution in [2.75, 3.05) is 4.90 Å². The van der Waals surface area contributed by atoms with E-state index in [1.165, 1.54) is 4.90 Å². The monoisotopic (exact) mass is 517 g/mol. The fourth-order valence-corrected chi connectivity index (χ4v) is 5.28. The number of Topliss-reactive ketones (excluding diaryl/α,β-unsaturated/α-hetero) is 1. The summed E-state index contributed by atoms with van der Waals surface area (Å²) in [5.74, 6) is -1.50. The Hall–Kier alpha value is -4.18. The van der Waals surface area contributed by atoms with Crippen molar-refractivity contribution in [3.63, 3.8) is 0 Å². The van der Waals surface area contributed by atoms with Crippen LogP contribution in [-0.2, 0) is 20.4 Å². The van der Waals surface area contributed by atoms with Crippen LogP contribution in [0.15, 0.2) is 96.6 Å². The molecule has 0 radical (unpaired) electrons. The Morgan fingerprint density at radius 1 is 0.692 bits per heavy atom. The van der Waals surface area contributed by atoms with Gasteiger partial charge in [-0.25, -0.2) is 0 Å². The Balaban J connectivity index is 1.72. The molecule has 1 aliphatic heterocycles. The summed E-state index contributed by atoms with van der Waals surface area (Å²) in [7, 11) is 0. The van der Waals surface area contributed by atoms with Gasteiger partial charge in [0.05, 0.1) is 11.6 Å². The standard InChI is InChI=1S/C35H35NO3/c1-34(2,3)24-16-14-23(15-17-24)30-29(31(37)28-13-9-11-22-10-7-8-12-27(22)28)32(38)33(39)36(30)26-20-18-25(19-21-26)35(4,5)6/h7-21,30,37H,1-6H3/b31-29-. The van der Waals surface area contributed by atoms with Gasteiger partial charge in [0, 0.05) is 11.3 Å². The molecule has 1 N–H and O–H groups in total. The summed E-state index contributed by atoms with van der Waals surface area (Å²) in [6.45, 7) is 12.8. The number of rotatable bonds is 3. The molecule has 4 aromatic carbocycles. The predicted octanol–water partition coefficient (Wildman–Crippen LogP) is 8.06. The number of amides is 1. The minimum atomic E-state index is -0.765. The second-order valence-corrected chi connectivity index (χ2v) is 12.4. The maximum absolute atomic E-state index is 13.7. The van der Waals surface area contributed by atoms with Gasteiger partial charge in [-0.2, -0.15) is 0 Å². The van der Waals surface area contributed by atoms with Crippen molar-refractivity contribution in [3.05, 3.63) is 119 Å². The van der Waals surface area contributed by atoms with Gasteiger partial charge in [0.1, 0.15) is 5.76 Å². The van der Waals surface area contributed by atoms with Crippen molar-refractivity contribution in [1.82, 2.24) is 0 Å². The molecule has 0 aliphatic carbocycles. The van der Waals surface area contributed by atoms with Crippen LogP contribution in [0.5, 0.6) is 0 Å². The van der Waals surface area contributed by atoms with E-state index in [4.69, 9.17) is 0 Å². The van der Waals surface area contributed by atoms with Crippen LogP contribution in [0.25, 0.3) is 16.5 Å². The molecule has 1 fully saturated rings. The minimum Gasteiger partial charge on any atom is -0.507 e. The number of fused-ring (bicyclic) bond motifs is 1. The smallest absolute Gasteiger partial charge is 0.300 e. The topological polar surface area (TPSA) is 57.6 Å². The molecule has 198 valence electrons. The van der Waals surface area contributed by atoms with Gasteiger partial charge in [0.25, 0.3) is 11.7 Å². The van der Waals surface area contributed by atoms with Crippen molar-refractivity contribution >= 4 is 33.9 Å². The summed E-state index contributed by atoms with van der Waals surface area (Å²) >= 11 is 0. The first-order valence-electron chi connectivity index (χ1n) is 13.4. The van der Waals surface area contributed by atoms with Gasteiger partial charge in [-0.05, 0) is 50.4 Å². The molecule has 0 aromatic heterocycles. The van der Waals surface area contributed by atoms with Crippen molar-refractivity contribution in [2.24, 2.45) is 0 Å². The van der Waals surface area contributed by atoms with Gasteiger partial charge in [-0.15, -0.1) is 0 Å². The summed E-state index contributed by atoms with van der Waals surface area (Å²) in [6.07, 6.45) is 0. The number of carbonyl (C=O) groups excluding carboxylic acids is 2. The molecule has 1 atom stereocenters. The van der Waals surface area contributed by atoms with Crippen LogP contribution in [0, 0.1) is 0 Å². The van der Waals surface area contributed by atoms with Crippen LogP contribution in [0.1, 0.15) is 69.8 Å². The van der Waals surface area contributed by atoms with E-state index in [9.17, 15) is 14.7 Å². The lowest BCUT2D eigenvalue weighted by atomic mass is 9.85. The fourth-order valence-electron chi connectivity index (χ4n) is 5.28. The van der Waals surface area contributed by atoms with Crippen LogP contribution >= 0.6 is 0 Å². The zero-order valence-electron chi connectivity index (χ0n) is 23.4. The lowest BCUT2D eigenvalue weighted by Crippen LogP contribution is -2.29.